The van der Waals surface area contributed by atoms with Gasteiger partial charge in [-0.25, -0.2) is 0 Å². The van der Waals surface area contributed by atoms with Crippen LogP contribution in [-0.4, -0.2) is 46.7 Å². The first-order valence-electron chi connectivity index (χ1n) is 9.97. The Kier molecular flexibility index (Phi) is 4.65. The first-order chi connectivity index (χ1) is 12.2. The molecule has 0 aromatic rings. The Labute approximate surface area is 149 Å². The van der Waals surface area contributed by atoms with E-state index in [2.05, 4.69) is 0 Å². The van der Waals surface area contributed by atoms with Crippen molar-refractivity contribution in [3.63, 3.8) is 0 Å². The fraction of sp³-hybridized carbons (Fsp3) is 0.750. The molecule has 0 unspecified atom stereocenters. The van der Waals surface area contributed by atoms with Crippen LogP contribution in [0.5, 0.6) is 0 Å². The van der Waals surface area contributed by atoms with Crippen LogP contribution < -0.4 is 0 Å². The Bertz CT molecular complexity index is 560. The summed E-state index contributed by atoms with van der Waals surface area (Å²) in [5.74, 6) is 0.187. The molecule has 136 valence electrons. The Morgan fingerprint density at radius 1 is 0.840 bits per heavy atom. The molecule has 3 amide bonds. The van der Waals surface area contributed by atoms with Gasteiger partial charge in [0.1, 0.15) is 0 Å². The molecular weight excluding hydrogens is 316 g/mol. The van der Waals surface area contributed by atoms with Gasteiger partial charge < -0.3 is 4.90 Å². The van der Waals surface area contributed by atoms with Crippen LogP contribution >= 0.6 is 0 Å². The number of rotatable bonds is 2. The second-order valence-electron chi connectivity index (χ2n) is 8.09. The molecule has 5 nitrogen and oxygen atoms in total. The van der Waals surface area contributed by atoms with Crippen LogP contribution in [0.1, 0.15) is 57.8 Å². The predicted octanol–water partition coefficient (Wildman–Crippen LogP) is 2.51. The molecule has 2 aliphatic carbocycles. The van der Waals surface area contributed by atoms with Crippen molar-refractivity contribution in [3.8, 4) is 0 Å². The molecule has 2 heterocycles. The Balaban J connectivity index is 1.36. The van der Waals surface area contributed by atoms with E-state index in [9.17, 15) is 14.4 Å². The molecule has 3 fully saturated rings. The van der Waals surface area contributed by atoms with Crippen molar-refractivity contribution in [3.05, 3.63) is 12.2 Å². The normalized spacial score (nSPS) is 35.8. The summed E-state index contributed by atoms with van der Waals surface area (Å²) in [5, 5.41) is 0. The third-order valence-electron chi connectivity index (χ3n) is 6.62. The van der Waals surface area contributed by atoms with Crippen LogP contribution in [0, 0.1) is 17.8 Å². The van der Waals surface area contributed by atoms with Gasteiger partial charge in [0.05, 0.1) is 11.8 Å². The van der Waals surface area contributed by atoms with E-state index >= 15 is 0 Å². The summed E-state index contributed by atoms with van der Waals surface area (Å²) in [6.45, 7) is 1.80. The number of carbonyl (C=O) groups excluding carboxylic acids is 3. The Hall–Kier alpha value is -1.65. The Morgan fingerprint density at radius 2 is 1.40 bits per heavy atom. The summed E-state index contributed by atoms with van der Waals surface area (Å²) in [7, 11) is 0. The second-order valence-corrected chi connectivity index (χ2v) is 8.09. The molecule has 1 saturated carbocycles. The van der Waals surface area contributed by atoms with Crippen molar-refractivity contribution in [2.24, 2.45) is 17.8 Å². The average Bonchev–Trinajstić information content (AvgIpc) is 2.93. The zero-order valence-corrected chi connectivity index (χ0v) is 14.9. The smallest absolute Gasteiger partial charge is 0.233 e. The molecule has 0 aromatic heterocycles. The summed E-state index contributed by atoms with van der Waals surface area (Å²) in [6, 6.07) is 0.0102. The minimum atomic E-state index is -0.134. The highest BCUT2D eigenvalue weighted by molar-refractivity contribution is 6.05. The van der Waals surface area contributed by atoms with Crippen LogP contribution in [0.25, 0.3) is 0 Å². The van der Waals surface area contributed by atoms with E-state index in [1.54, 1.807) is 4.90 Å². The summed E-state index contributed by atoms with van der Waals surface area (Å²) < 4.78 is 0. The maximum Gasteiger partial charge on any atom is 0.233 e. The first-order valence-corrected chi connectivity index (χ1v) is 9.97. The topological polar surface area (TPSA) is 57.7 Å². The molecule has 2 aliphatic heterocycles. The van der Waals surface area contributed by atoms with Gasteiger partial charge in [-0.1, -0.05) is 12.2 Å². The molecule has 0 aromatic carbocycles. The van der Waals surface area contributed by atoms with E-state index in [1.807, 2.05) is 17.1 Å². The lowest BCUT2D eigenvalue weighted by molar-refractivity contribution is -0.144. The maximum atomic E-state index is 12.7. The summed E-state index contributed by atoms with van der Waals surface area (Å²) in [4.78, 5) is 41.7. The molecule has 0 spiro atoms. The van der Waals surface area contributed by atoms with Gasteiger partial charge in [0.2, 0.25) is 17.7 Å². The molecular formula is C20H28N2O3. The van der Waals surface area contributed by atoms with Crippen LogP contribution in [0.3, 0.4) is 0 Å². The minimum Gasteiger partial charge on any atom is -0.342 e. The van der Waals surface area contributed by atoms with E-state index in [0.717, 1.165) is 51.6 Å². The van der Waals surface area contributed by atoms with Gasteiger partial charge in [-0.15, -0.1) is 0 Å². The highest BCUT2D eigenvalue weighted by atomic mass is 16.2. The zero-order chi connectivity index (χ0) is 17.4. The molecule has 25 heavy (non-hydrogen) atoms. The number of amides is 3. The van der Waals surface area contributed by atoms with Gasteiger partial charge in [0.15, 0.2) is 0 Å². The fourth-order valence-corrected chi connectivity index (χ4v) is 5.14. The number of piperidine rings is 1. The largest absolute Gasteiger partial charge is 0.342 e. The van der Waals surface area contributed by atoms with E-state index in [4.69, 9.17) is 0 Å². The molecule has 4 aliphatic rings. The van der Waals surface area contributed by atoms with Crippen LogP contribution in [0.15, 0.2) is 12.2 Å². The van der Waals surface area contributed by atoms with E-state index in [0.29, 0.717) is 18.7 Å². The molecule has 0 bridgehead atoms. The molecule has 5 heteroatoms. The number of nitrogens with zero attached hydrogens (tertiary/aromatic N) is 2. The lowest BCUT2D eigenvalue weighted by Crippen LogP contribution is -2.46. The second kappa shape index (κ2) is 6.93. The minimum absolute atomic E-state index is 0.0102. The SMILES string of the molecule is O=C(C1CCC(N2C(=O)[C@H]3CC=CC[C@H]3C2=O)CC1)N1CCCCC1. The van der Waals surface area contributed by atoms with E-state index < -0.39 is 0 Å². The average molecular weight is 344 g/mol. The highest BCUT2D eigenvalue weighted by Crippen LogP contribution is 2.39. The van der Waals surface area contributed by atoms with Gasteiger partial charge in [0, 0.05) is 25.0 Å². The first kappa shape index (κ1) is 16.8. The lowest BCUT2D eigenvalue weighted by atomic mass is 9.84. The Morgan fingerprint density at radius 3 is 1.96 bits per heavy atom. The van der Waals surface area contributed by atoms with E-state index in [1.165, 1.54) is 6.42 Å². The van der Waals surface area contributed by atoms with Crippen LogP contribution in [0.2, 0.25) is 0 Å². The van der Waals surface area contributed by atoms with Gasteiger partial charge in [-0.05, 0) is 57.8 Å². The number of likely N-dealkylation sites (tertiary alicyclic amines) is 2. The van der Waals surface area contributed by atoms with Crippen LogP contribution in [-0.2, 0) is 14.4 Å². The van der Waals surface area contributed by atoms with Crippen LogP contribution in [0.4, 0.5) is 0 Å². The van der Waals surface area contributed by atoms with Crippen molar-refractivity contribution >= 4 is 17.7 Å². The number of hydrogen-bond donors (Lipinski definition) is 0. The van der Waals surface area contributed by atoms with Crippen molar-refractivity contribution in [1.29, 1.82) is 0 Å². The predicted molar refractivity (Wildman–Crippen MR) is 93.4 cm³/mol. The fourth-order valence-electron chi connectivity index (χ4n) is 5.14. The summed E-state index contributed by atoms with van der Waals surface area (Å²) >= 11 is 0. The number of hydrogen-bond acceptors (Lipinski definition) is 3. The summed E-state index contributed by atoms with van der Waals surface area (Å²) in [6.07, 6.45) is 12.1. The molecule has 2 saturated heterocycles. The van der Waals surface area contributed by atoms with Crippen molar-refractivity contribution in [2.75, 3.05) is 13.1 Å². The maximum absolute atomic E-state index is 12.7. The van der Waals surface area contributed by atoms with E-state index in [-0.39, 0.29) is 35.6 Å². The molecule has 0 N–H and O–H groups in total. The number of carbonyl (C=O) groups is 3. The van der Waals surface area contributed by atoms with Crippen molar-refractivity contribution < 1.29 is 14.4 Å². The molecule has 0 radical (unpaired) electrons. The van der Waals surface area contributed by atoms with Crippen molar-refractivity contribution in [1.82, 2.24) is 9.80 Å². The number of allylic oxidation sites excluding steroid dienone is 2. The third kappa shape index (κ3) is 3.02. The lowest BCUT2D eigenvalue weighted by Gasteiger charge is -2.36. The van der Waals surface area contributed by atoms with Gasteiger partial charge >= 0.3 is 0 Å². The van der Waals surface area contributed by atoms with Gasteiger partial charge in [-0.2, -0.15) is 0 Å². The zero-order valence-electron chi connectivity index (χ0n) is 14.9. The van der Waals surface area contributed by atoms with Gasteiger partial charge in [0.25, 0.3) is 0 Å². The number of fused-ring (bicyclic) bond motifs is 1. The van der Waals surface area contributed by atoms with Crippen molar-refractivity contribution in [2.45, 2.75) is 63.8 Å². The number of imide groups is 1. The molecule has 2 atom stereocenters. The monoisotopic (exact) mass is 344 g/mol. The molecule has 4 rings (SSSR count). The quantitative estimate of drug-likeness (QED) is 0.571. The summed E-state index contributed by atoms with van der Waals surface area (Å²) in [5.41, 5.74) is 0. The third-order valence-corrected chi connectivity index (χ3v) is 6.62. The van der Waals surface area contributed by atoms with Gasteiger partial charge in [-0.3, -0.25) is 19.3 Å². The highest BCUT2D eigenvalue weighted by Gasteiger charge is 2.50. The standard InChI is InChI=1S/C20H28N2O3/c23-18(21-12-4-1-5-13-21)14-8-10-15(11-9-14)22-19(24)16-6-2-3-7-17(16)20(22)25/h2-3,14-17H,1,4-13H2/t14?,15?,16-,17+.